The maximum Gasteiger partial charge on any atom is 0.254 e. The first-order valence-corrected chi connectivity index (χ1v) is 11.5. The van der Waals surface area contributed by atoms with Crippen LogP contribution < -0.4 is 0 Å². The Morgan fingerprint density at radius 3 is 2.78 bits per heavy atom. The van der Waals surface area contributed by atoms with Gasteiger partial charge in [-0.15, -0.1) is 0 Å². The molecule has 2 atom stereocenters. The molecule has 1 aliphatic carbocycles. The number of carbonyl (C=O) groups excluding carboxylic acids is 1. The Morgan fingerprint density at radius 2 is 1.94 bits per heavy atom. The third-order valence-electron chi connectivity index (χ3n) is 8.51. The van der Waals surface area contributed by atoms with Gasteiger partial charge in [0, 0.05) is 42.4 Å². The van der Waals surface area contributed by atoms with Crippen molar-refractivity contribution in [2.45, 2.75) is 58.4 Å². The summed E-state index contributed by atoms with van der Waals surface area (Å²) in [5, 5.41) is 0. The summed E-state index contributed by atoms with van der Waals surface area (Å²) in [6, 6.07) is 10.6. The van der Waals surface area contributed by atoms with E-state index < -0.39 is 0 Å². The molecule has 1 amide bonds. The fourth-order valence-electron chi connectivity index (χ4n) is 6.17. The Morgan fingerprint density at radius 1 is 1.09 bits per heavy atom. The van der Waals surface area contributed by atoms with Gasteiger partial charge in [-0.05, 0) is 72.2 Å². The van der Waals surface area contributed by atoms with Crippen LogP contribution >= 0.6 is 0 Å². The number of hydrogen-bond donors (Lipinski definition) is 0. The molecule has 3 aromatic rings. The third-order valence-corrected chi connectivity index (χ3v) is 8.51. The Labute approximate surface area is 188 Å². The number of fused-ring (bicyclic) bond motifs is 6. The van der Waals surface area contributed by atoms with E-state index in [4.69, 9.17) is 4.98 Å². The second kappa shape index (κ2) is 6.47. The lowest BCUT2D eigenvalue weighted by Crippen LogP contribution is -2.64. The summed E-state index contributed by atoms with van der Waals surface area (Å²) >= 11 is 0. The van der Waals surface area contributed by atoms with Crippen LogP contribution in [0.15, 0.2) is 41.5 Å². The number of benzene rings is 2. The molecule has 0 N–H and O–H groups in total. The van der Waals surface area contributed by atoms with Crippen molar-refractivity contribution >= 4 is 28.8 Å². The summed E-state index contributed by atoms with van der Waals surface area (Å²) in [5.74, 6) is 0.139. The summed E-state index contributed by atoms with van der Waals surface area (Å²) in [6.07, 6.45) is 6.36. The molecule has 32 heavy (non-hydrogen) atoms. The van der Waals surface area contributed by atoms with E-state index in [0.29, 0.717) is 0 Å². The topological polar surface area (TPSA) is 58.5 Å². The SMILES string of the molecule is Cc1cnc2cc3c(cc2n1)C[C@H]1N(C(=O)c2ccc4c(c2)CC=N4)CC[C@]3(C)C1(C)C. The first-order chi connectivity index (χ1) is 15.3. The number of rotatable bonds is 1. The minimum absolute atomic E-state index is 0.0193. The Balaban J connectivity index is 1.43. The van der Waals surface area contributed by atoms with Crippen LogP contribution in [-0.4, -0.2) is 39.6 Å². The standard InChI is InChI=1S/C27H28N4O/c1-16-15-29-22-14-20-19(12-23(22)30-16)13-24-26(2,3)27(20,4)8-10-31(24)25(32)18-5-6-21-17(11-18)7-9-28-21/h5-6,9,11-12,14-15,24H,7-8,10,13H2,1-4H3/t24-,27+/m1/s1. The van der Waals surface area contributed by atoms with Crippen molar-refractivity contribution in [3.05, 3.63) is 64.5 Å². The van der Waals surface area contributed by atoms with E-state index in [1.807, 2.05) is 37.5 Å². The van der Waals surface area contributed by atoms with Crippen molar-refractivity contribution in [1.82, 2.24) is 14.9 Å². The molecule has 0 radical (unpaired) electrons. The molecular formula is C27H28N4O. The van der Waals surface area contributed by atoms with Gasteiger partial charge in [0.2, 0.25) is 0 Å². The van der Waals surface area contributed by atoms with Crippen molar-refractivity contribution in [3.8, 4) is 0 Å². The Bertz CT molecular complexity index is 1320. The number of piperidine rings is 1. The van der Waals surface area contributed by atoms with Crippen molar-refractivity contribution in [1.29, 1.82) is 0 Å². The highest BCUT2D eigenvalue weighted by Crippen LogP contribution is 2.56. The van der Waals surface area contributed by atoms with E-state index >= 15 is 0 Å². The van der Waals surface area contributed by atoms with Crippen LogP contribution in [0, 0.1) is 12.3 Å². The number of amides is 1. The van der Waals surface area contributed by atoms with E-state index in [1.54, 1.807) is 0 Å². The molecule has 2 aromatic carbocycles. The Kier molecular flexibility index (Phi) is 3.96. The van der Waals surface area contributed by atoms with Crippen LogP contribution in [0.25, 0.3) is 11.0 Å². The summed E-state index contributed by atoms with van der Waals surface area (Å²) in [5.41, 5.74) is 8.36. The number of hydrogen-bond acceptors (Lipinski definition) is 4. The predicted molar refractivity (Wildman–Crippen MR) is 127 cm³/mol. The molecule has 1 fully saturated rings. The van der Waals surface area contributed by atoms with Crippen molar-refractivity contribution in [2.75, 3.05) is 6.54 Å². The summed E-state index contributed by atoms with van der Waals surface area (Å²) in [6.45, 7) is 9.80. The van der Waals surface area contributed by atoms with Gasteiger partial charge in [0.15, 0.2) is 0 Å². The normalized spacial score (nSPS) is 25.0. The molecule has 3 aliphatic rings. The average Bonchev–Trinajstić information content (AvgIpc) is 3.23. The smallest absolute Gasteiger partial charge is 0.254 e. The minimum Gasteiger partial charge on any atom is -0.335 e. The van der Waals surface area contributed by atoms with E-state index in [0.717, 1.165) is 59.3 Å². The van der Waals surface area contributed by atoms with Crippen LogP contribution in [0.3, 0.4) is 0 Å². The van der Waals surface area contributed by atoms with Gasteiger partial charge in [-0.2, -0.15) is 0 Å². The van der Waals surface area contributed by atoms with Gasteiger partial charge in [-0.1, -0.05) is 20.8 Å². The quantitative estimate of drug-likeness (QED) is 0.555. The summed E-state index contributed by atoms with van der Waals surface area (Å²) < 4.78 is 0. The van der Waals surface area contributed by atoms with Gasteiger partial charge in [0.1, 0.15) is 0 Å². The molecule has 2 bridgehead atoms. The molecule has 0 unspecified atom stereocenters. The number of carbonyl (C=O) groups is 1. The van der Waals surface area contributed by atoms with E-state index in [2.05, 4.69) is 47.8 Å². The van der Waals surface area contributed by atoms with Gasteiger partial charge in [0.05, 0.1) is 22.4 Å². The zero-order chi connectivity index (χ0) is 22.3. The molecular weight excluding hydrogens is 396 g/mol. The maximum atomic E-state index is 13.7. The number of aliphatic imine (C=N–C) groups is 1. The average molecular weight is 425 g/mol. The van der Waals surface area contributed by atoms with Gasteiger partial charge in [-0.25, -0.2) is 4.98 Å². The highest BCUT2D eigenvalue weighted by atomic mass is 16.2. The lowest BCUT2D eigenvalue weighted by molar-refractivity contribution is -0.0261. The largest absolute Gasteiger partial charge is 0.335 e. The van der Waals surface area contributed by atoms with Crippen molar-refractivity contribution in [3.63, 3.8) is 0 Å². The predicted octanol–water partition coefficient (Wildman–Crippen LogP) is 4.95. The second-order valence-electron chi connectivity index (χ2n) is 10.4. The number of aryl methyl sites for hydroxylation is 1. The first kappa shape index (κ1) is 19.6. The van der Waals surface area contributed by atoms with Gasteiger partial charge < -0.3 is 4.90 Å². The fourth-order valence-corrected chi connectivity index (χ4v) is 6.17. The molecule has 2 aliphatic heterocycles. The van der Waals surface area contributed by atoms with Gasteiger partial charge in [0.25, 0.3) is 5.91 Å². The van der Waals surface area contributed by atoms with Gasteiger partial charge >= 0.3 is 0 Å². The minimum atomic E-state index is -0.0560. The molecule has 3 heterocycles. The van der Waals surface area contributed by atoms with Crippen LogP contribution in [0.4, 0.5) is 5.69 Å². The second-order valence-corrected chi connectivity index (χ2v) is 10.4. The van der Waals surface area contributed by atoms with Crippen LogP contribution in [0.1, 0.15) is 59.9 Å². The molecule has 0 spiro atoms. The first-order valence-electron chi connectivity index (χ1n) is 11.5. The highest BCUT2D eigenvalue weighted by molar-refractivity contribution is 5.96. The van der Waals surface area contributed by atoms with Crippen molar-refractivity contribution in [2.24, 2.45) is 10.4 Å². The highest BCUT2D eigenvalue weighted by Gasteiger charge is 2.57. The van der Waals surface area contributed by atoms with Crippen LogP contribution in [0.2, 0.25) is 0 Å². The Hall–Kier alpha value is -3.08. The monoisotopic (exact) mass is 424 g/mol. The lowest BCUT2D eigenvalue weighted by Gasteiger charge is -2.60. The molecule has 5 heteroatoms. The number of nitrogens with zero attached hydrogens (tertiary/aromatic N) is 4. The zero-order valence-electron chi connectivity index (χ0n) is 19.1. The summed E-state index contributed by atoms with van der Waals surface area (Å²) in [4.78, 5) is 29.6. The number of aromatic nitrogens is 2. The lowest BCUT2D eigenvalue weighted by atomic mass is 9.51. The van der Waals surface area contributed by atoms with E-state index in [9.17, 15) is 4.79 Å². The molecule has 162 valence electrons. The van der Waals surface area contributed by atoms with E-state index in [-0.39, 0.29) is 22.8 Å². The summed E-state index contributed by atoms with van der Waals surface area (Å²) in [7, 11) is 0. The third kappa shape index (κ3) is 2.57. The number of likely N-dealkylation sites (tertiary alicyclic amines) is 1. The van der Waals surface area contributed by atoms with Gasteiger partial charge in [-0.3, -0.25) is 14.8 Å². The fraction of sp³-hybridized carbons (Fsp3) is 0.407. The van der Waals surface area contributed by atoms with Crippen molar-refractivity contribution < 1.29 is 4.79 Å². The molecule has 0 saturated carbocycles. The van der Waals surface area contributed by atoms with Crippen LogP contribution in [-0.2, 0) is 18.3 Å². The van der Waals surface area contributed by atoms with E-state index in [1.165, 1.54) is 11.1 Å². The molecule has 1 saturated heterocycles. The maximum absolute atomic E-state index is 13.7. The molecule has 1 aromatic heterocycles. The zero-order valence-corrected chi connectivity index (χ0v) is 19.1. The molecule has 5 nitrogen and oxygen atoms in total. The van der Waals surface area contributed by atoms with Crippen LogP contribution in [0.5, 0.6) is 0 Å². The molecule has 6 rings (SSSR count).